The van der Waals surface area contributed by atoms with E-state index >= 15 is 0 Å². The number of nitriles is 1. The number of fused-ring (bicyclic) bond motifs is 1. The molecule has 246 valence electrons. The Morgan fingerprint density at radius 3 is 2.46 bits per heavy atom. The first-order valence-electron chi connectivity index (χ1n) is 15.3. The smallest absolute Gasteiger partial charge is 0.414 e. The minimum atomic E-state index is -2.14. The third kappa shape index (κ3) is 7.56. The van der Waals surface area contributed by atoms with E-state index in [2.05, 4.69) is 62.3 Å². The van der Waals surface area contributed by atoms with Gasteiger partial charge in [0.15, 0.2) is 14.1 Å². The Kier molecular flexibility index (Phi) is 9.39. The highest BCUT2D eigenvalue weighted by Gasteiger charge is 2.47. The van der Waals surface area contributed by atoms with E-state index in [1.54, 1.807) is 49.6 Å². The monoisotopic (exact) mass is 646 g/mol. The molecule has 0 radical (unpaired) electrons. The van der Waals surface area contributed by atoms with Gasteiger partial charge in [-0.3, -0.25) is 14.4 Å². The predicted octanol–water partition coefficient (Wildman–Crippen LogP) is 6.08. The number of carbonyl (C=O) groups excluding carboxylic acids is 2. The van der Waals surface area contributed by atoms with Crippen LogP contribution in [0.2, 0.25) is 18.1 Å². The molecular formula is C33H46N8O4Si. The van der Waals surface area contributed by atoms with Crippen LogP contribution in [-0.4, -0.2) is 77.8 Å². The summed E-state index contributed by atoms with van der Waals surface area (Å²) in [5, 5.41) is 17.9. The molecule has 1 atom stereocenters. The van der Waals surface area contributed by atoms with Gasteiger partial charge in [0.25, 0.3) is 0 Å². The number of nitrogens with zero attached hydrogens (tertiary/aromatic N) is 7. The van der Waals surface area contributed by atoms with Gasteiger partial charge in [-0.15, -0.1) is 0 Å². The molecular weight excluding hydrogens is 601 g/mol. The topological polar surface area (TPSA) is 138 Å². The lowest BCUT2D eigenvalue weighted by atomic mass is 9.83. The second kappa shape index (κ2) is 12.5. The molecule has 0 fully saturated rings. The summed E-state index contributed by atoms with van der Waals surface area (Å²) in [5.74, 6) is 0.712. The fourth-order valence-corrected chi connectivity index (χ4v) is 5.89. The fourth-order valence-electron chi connectivity index (χ4n) is 4.77. The first kappa shape index (κ1) is 34.6. The lowest BCUT2D eigenvalue weighted by molar-refractivity contribution is -0.129. The van der Waals surface area contributed by atoms with Crippen LogP contribution in [0, 0.1) is 11.3 Å². The first-order valence-corrected chi connectivity index (χ1v) is 18.2. The van der Waals surface area contributed by atoms with Crippen molar-refractivity contribution >= 4 is 37.8 Å². The van der Waals surface area contributed by atoms with Crippen LogP contribution >= 0.6 is 0 Å². The van der Waals surface area contributed by atoms with Crippen LogP contribution in [0.4, 0.5) is 22.2 Å². The zero-order valence-corrected chi connectivity index (χ0v) is 29.8. The molecule has 4 rings (SSSR count). The molecule has 1 aliphatic rings. The van der Waals surface area contributed by atoms with Gasteiger partial charge < -0.3 is 19.4 Å². The molecule has 2 aromatic heterocycles. The maximum absolute atomic E-state index is 13.5. The van der Waals surface area contributed by atoms with Gasteiger partial charge in [0.05, 0.1) is 16.9 Å². The molecule has 0 saturated carbocycles. The number of hydrogen-bond donors (Lipinski definition) is 1. The summed E-state index contributed by atoms with van der Waals surface area (Å²) in [7, 11) is 1.25. The quantitative estimate of drug-likeness (QED) is 0.289. The van der Waals surface area contributed by atoms with Gasteiger partial charge in [-0.25, -0.2) is 14.8 Å². The van der Waals surface area contributed by atoms with Gasteiger partial charge in [-0.05, 0) is 62.7 Å². The van der Waals surface area contributed by atoms with E-state index in [4.69, 9.17) is 14.1 Å². The van der Waals surface area contributed by atoms with Gasteiger partial charge in [-0.2, -0.15) is 10.4 Å². The van der Waals surface area contributed by atoms with Crippen molar-refractivity contribution < 1.29 is 18.8 Å². The van der Waals surface area contributed by atoms with Gasteiger partial charge in [-0.1, -0.05) is 27.7 Å². The molecule has 0 saturated heterocycles. The minimum absolute atomic E-state index is 0.00260. The third-order valence-corrected chi connectivity index (χ3v) is 12.9. The molecule has 3 heterocycles. The van der Waals surface area contributed by atoms with E-state index in [0.29, 0.717) is 47.4 Å². The number of anilines is 3. The highest BCUT2D eigenvalue weighted by atomic mass is 28.4. The molecule has 0 spiro atoms. The molecule has 13 heteroatoms. The van der Waals surface area contributed by atoms with Crippen molar-refractivity contribution in [2.45, 2.75) is 84.2 Å². The summed E-state index contributed by atoms with van der Waals surface area (Å²) in [5.41, 5.74) is 1.66. The second-order valence-corrected chi connectivity index (χ2v) is 19.6. The van der Waals surface area contributed by atoms with Crippen molar-refractivity contribution in [2.24, 2.45) is 0 Å². The van der Waals surface area contributed by atoms with E-state index in [-0.39, 0.29) is 17.5 Å². The Balaban J connectivity index is 1.73. The zero-order valence-electron chi connectivity index (χ0n) is 28.8. The van der Waals surface area contributed by atoms with Crippen LogP contribution < -0.4 is 10.2 Å². The fraction of sp³-hybridized carbons (Fsp3) is 0.515. The molecule has 1 N–H and O–H groups in total. The standard InChI is InChI=1S/C33H46N8O4Si/c1-31(2,3)45-30(43)41-20-33(7,21-44-46(10,11)32(4,5)6)24-17-22(16-23(18-34)28(24)41)25-12-14-35-29(36-25)37-26-13-15-40(38-26)19-27(42)39(8)9/h12-17H,19-21H2,1-11H3,(H,35,36,37,38). The number of carbonyl (C=O) groups is 2. The summed E-state index contributed by atoms with van der Waals surface area (Å²) >= 11 is 0. The molecule has 0 bridgehead atoms. The van der Waals surface area contributed by atoms with Crippen molar-refractivity contribution in [3.8, 4) is 17.3 Å². The Hall–Kier alpha value is -4.28. The molecule has 3 aromatic rings. The molecule has 0 aliphatic carbocycles. The summed E-state index contributed by atoms with van der Waals surface area (Å²) < 4.78 is 14.0. The van der Waals surface area contributed by atoms with Crippen molar-refractivity contribution in [1.29, 1.82) is 5.26 Å². The van der Waals surface area contributed by atoms with Gasteiger partial charge in [0.1, 0.15) is 18.2 Å². The number of benzene rings is 1. The molecule has 1 aromatic carbocycles. The number of rotatable bonds is 8. The Morgan fingerprint density at radius 1 is 1.15 bits per heavy atom. The van der Waals surface area contributed by atoms with Crippen molar-refractivity contribution in [3.05, 3.63) is 47.8 Å². The Labute approximate surface area is 272 Å². The van der Waals surface area contributed by atoms with E-state index in [1.807, 2.05) is 26.8 Å². The molecule has 46 heavy (non-hydrogen) atoms. The van der Waals surface area contributed by atoms with Gasteiger partial charge in [0, 0.05) is 56.7 Å². The van der Waals surface area contributed by atoms with Crippen LogP contribution in [0.25, 0.3) is 11.3 Å². The summed E-state index contributed by atoms with van der Waals surface area (Å²) in [6, 6.07) is 9.55. The van der Waals surface area contributed by atoms with Crippen LogP contribution in [0.5, 0.6) is 0 Å². The number of ether oxygens (including phenoxy) is 1. The zero-order chi connectivity index (χ0) is 34.2. The number of likely N-dealkylation sites (N-methyl/N-ethyl adjacent to an activating group) is 1. The highest BCUT2D eigenvalue weighted by molar-refractivity contribution is 6.74. The van der Waals surface area contributed by atoms with E-state index < -0.39 is 25.4 Å². The molecule has 2 amide bonds. The normalized spacial score (nSPS) is 16.5. The van der Waals surface area contributed by atoms with E-state index in [9.17, 15) is 14.9 Å². The first-order chi connectivity index (χ1) is 21.2. The predicted molar refractivity (Wildman–Crippen MR) is 180 cm³/mol. The Bertz CT molecular complexity index is 1660. The van der Waals surface area contributed by atoms with Crippen LogP contribution in [0.15, 0.2) is 36.7 Å². The summed E-state index contributed by atoms with van der Waals surface area (Å²) in [4.78, 5) is 37.7. The number of hydrogen-bond acceptors (Lipinski definition) is 9. The summed E-state index contributed by atoms with van der Waals surface area (Å²) in [6.07, 6.45) is 2.83. The van der Waals surface area contributed by atoms with Gasteiger partial charge in [0.2, 0.25) is 11.9 Å². The largest absolute Gasteiger partial charge is 0.443 e. The van der Waals surface area contributed by atoms with E-state index in [1.165, 1.54) is 9.58 Å². The lowest BCUT2D eigenvalue weighted by Gasteiger charge is -2.39. The maximum Gasteiger partial charge on any atom is 0.414 e. The van der Waals surface area contributed by atoms with Crippen LogP contribution in [0.1, 0.15) is 59.6 Å². The lowest BCUT2D eigenvalue weighted by Crippen LogP contribution is -2.46. The minimum Gasteiger partial charge on any atom is -0.443 e. The van der Waals surface area contributed by atoms with Crippen molar-refractivity contribution in [1.82, 2.24) is 24.6 Å². The van der Waals surface area contributed by atoms with E-state index in [0.717, 1.165) is 5.56 Å². The molecule has 12 nitrogen and oxygen atoms in total. The van der Waals surface area contributed by atoms with Gasteiger partial charge >= 0.3 is 6.09 Å². The Morgan fingerprint density at radius 2 is 1.85 bits per heavy atom. The number of nitrogens with one attached hydrogen (secondary N) is 1. The number of aromatic nitrogens is 4. The third-order valence-electron chi connectivity index (χ3n) is 8.46. The average Bonchev–Trinajstić information content (AvgIpc) is 3.51. The average molecular weight is 647 g/mol. The molecule has 1 unspecified atom stereocenters. The maximum atomic E-state index is 13.5. The second-order valence-electron chi connectivity index (χ2n) is 14.8. The highest BCUT2D eigenvalue weighted by Crippen LogP contribution is 2.47. The van der Waals surface area contributed by atoms with Crippen molar-refractivity contribution in [2.75, 3.05) is 37.5 Å². The van der Waals surface area contributed by atoms with Crippen molar-refractivity contribution in [3.63, 3.8) is 0 Å². The molecule has 1 aliphatic heterocycles. The number of amides is 2. The summed E-state index contributed by atoms with van der Waals surface area (Å²) in [6.45, 7) is 19.3. The van der Waals surface area contributed by atoms with Crippen LogP contribution in [0.3, 0.4) is 0 Å². The SMILES string of the molecule is CN(C)C(=O)Cn1ccc(Nc2nccc(-c3cc(C#N)c4c(c3)C(C)(CO[Si](C)(C)C(C)(C)C)CN4C(=O)OC(C)(C)C)n2)n1. The van der Waals surface area contributed by atoms with Crippen LogP contribution in [-0.2, 0) is 25.9 Å².